The van der Waals surface area contributed by atoms with E-state index in [1.165, 1.54) is 34.9 Å². The average molecular weight is 472 g/mol. The third-order valence-electron chi connectivity index (χ3n) is 4.66. The number of rotatable bonds is 6. The normalized spacial score (nSPS) is 15.7. The molecular weight excluding hydrogens is 450 g/mol. The number of methoxy groups -OCH3 is 1. The number of nitrogens with zero attached hydrogens (tertiary/aromatic N) is 2. The molecule has 11 heteroatoms. The standard InChI is InChI=1S/C19H22ClN3O5S2/c1-13-11-16(19(25)28-2)18(29-13)21-17(24)12-22-7-9-23(10-8-22)30(26,27)15-5-3-14(20)4-6-15/h3-6,11H,7-10,12H2,1-2H3,(H,21,24). The third-order valence-corrected chi connectivity index (χ3v) is 7.79. The molecule has 0 unspecified atom stereocenters. The van der Waals surface area contributed by atoms with Gasteiger partial charge in [0.25, 0.3) is 0 Å². The van der Waals surface area contributed by atoms with E-state index in [1.54, 1.807) is 18.2 Å². The number of ether oxygens (including phenoxy) is 1. The van der Waals surface area contributed by atoms with Crippen LogP contribution in [-0.2, 0) is 19.6 Å². The molecule has 1 aromatic carbocycles. The van der Waals surface area contributed by atoms with E-state index in [0.717, 1.165) is 4.88 Å². The molecule has 1 amide bonds. The maximum absolute atomic E-state index is 12.7. The minimum atomic E-state index is -3.60. The summed E-state index contributed by atoms with van der Waals surface area (Å²) in [5.41, 5.74) is 0.326. The number of thiophene rings is 1. The second-order valence-electron chi connectivity index (χ2n) is 6.77. The van der Waals surface area contributed by atoms with Gasteiger partial charge in [-0.15, -0.1) is 11.3 Å². The summed E-state index contributed by atoms with van der Waals surface area (Å²) in [5.74, 6) is -0.772. The molecule has 1 aliphatic rings. The van der Waals surface area contributed by atoms with Gasteiger partial charge in [0.1, 0.15) is 5.00 Å². The monoisotopic (exact) mass is 471 g/mol. The predicted molar refractivity (Wildman–Crippen MR) is 116 cm³/mol. The molecule has 0 atom stereocenters. The fourth-order valence-corrected chi connectivity index (χ4v) is 5.59. The Kier molecular flexibility index (Phi) is 7.14. The van der Waals surface area contributed by atoms with Crippen molar-refractivity contribution in [3.8, 4) is 0 Å². The average Bonchev–Trinajstić information content (AvgIpc) is 3.08. The second kappa shape index (κ2) is 9.44. The molecule has 30 heavy (non-hydrogen) atoms. The van der Waals surface area contributed by atoms with Crippen LogP contribution < -0.4 is 5.32 Å². The summed E-state index contributed by atoms with van der Waals surface area (Å²) in [6.07, 6.45) is 0. The fourth-order valence-electron chi connectivity index (χ4n) is 3.12. The Morgan fingerprint density at radius 2 is 1.80 bits per heavy atom. The Balaban J connectivity index is 1.56. The predicted octanol–water partition coefficient (Wildman–Crippen LogP) is 2.44. The van der Waals surface area contributed by atoms with Crippen LogP contribution in [-0.4, -0.2) is 69.3 Å². The number of piperazine rings is 1. The summed E-state index contributed by atoms with van der Waals surface area (Å²) in [6, 6.07) is 7.74. The Morgan fingerprint density at radius 3 is 2.40 bits per heavy atom. The highest BCUT2D eigenvalue weighted by Gasteiger charge is 2.29. The van der Waals surface area contributed by atoms with Gasteiger partial charge in [0.05, 0.1) is 24.1 Å². The number of hydrogen-bond donors (Lipinski definition) is 1. The topological polar surface area (TPSA) is 96.0 Å². The van der Waals surface area contributed by atoms with Crippen molar-refractivity contribution >= 4 is 49.8 Å². The number of amides is 1. The van der Waals surface area contributed by atoms with Crippen LogP contribution in [0.4, 0.5) is 5.00 Å². The van der Waals surface area contributed by atoms with E-state index >= 15 is 0 Å². The number of sulfonamides is 1. The van der Waals surface area contributed by atoms with Crippen LogP contribution in [0.25, 0.3) is 0 Å². The Bertz CT molecular complexity index is 1030. The van der Waals surface area contributed by atoms with Gasteiger partial charge in [-0.25, -0.2) is 13.2 Å². The molecule has 2 aromatic rings. The van der Waals surface area contributed by atoms with Crippen LogP contribution in [0.15, 0.2) is 35.2 Å². The number of aryl methyl sites for hydroxylation is 1. The van der Waals surface area contributed by atoms with Crippen molar-refractivity contribution in [3.63, 3.8) is 0 Å². The van der Waals surface area contributed by atoms with Crippen LogP contribution in [0.2, 0.25) is 5.02 Å². The van der Waals surface area contributed by atoms with E-state index < -0.39 is 16.0 Å². The van der Waals surface area contributed by atoms with E-state index in [-0.39, 0.29) is 30.4 Å². The van der Waals surface area contributed by atoms with Gasteiger partial charge < -0.3 is 10.1 Å². The van der Waals surface area contributed by atoms with Gasteiger partial charge in [0.15, 0.2) is 0 Å². The van der Waals surface area contributed by atoms with Crippen molar-refractivity contribution in [1.29, 1.82) is 0 Å². The molecule has 162 valence electrons. The highest BCUT2D eigenvalue weighted by atomic mass is 35.5. The summed E-state index contributed by atoms with van der Waals surface area (Å²) in [7, 11) is -2.31. The number of anilines is 1. The first-order valence-corrected chi connectivity index (χ1v) is 11.8. The number of hydrogen-bond acceptors (Lipinski definition) is 7. The van der Waals surface area contributed by atoms with Crippen molar-refractivity contribution < 1.29 is 22.7 Å². The maximum Gasteiger partial charge on any atom is 0.340 e. The molecule has 0 spiro atoms. The lowest BCUT2D eigenvalue weighted by Crippen LogP contribution is -2.50. The smallest absolute Gasteiger partial charge is 0.340 e. The zero-order valence-electron chi connectivity index (χ0n) is 16.6. The molecule has 0 aliphatic carbocycles. The van der Waals surface area contributed by atoms with Crippen molar-refractivity contribution in [1.82, 2.24) is 9.21 Å². The molecule has 3 rings (SSSR count). The van der Waals surface area contributed by atoms with E-state index in [1.807, 2.05) is 11.8 Å². The van der Waals surface area contributed by atoms with Crippen molar-refractivity contribution in [2.45, 2.75) is 11.8 Å². The lowest BCUT2D eigenvalue weighted by Gasteiger charge is -2.33. The quantitative estimate of drug-likeness (QED) is 0.650. The first kappa shape index (κ1) is 22.7. The van der Waals surface area contributed by atoms with Crippen LogP contribution in [0.3, 0.4) is 0 Å². The van der Waals surface area contributed by atoms with Crippen LogP contribution in [0.1, 0.15) is 15.2 Å². The first-order chi connectivity index (χ1) is 14.2. The van der Waals surface area contributed by atoms with E-state index in [9.17, 15) is 18.0 Å². The number of esters is 1. The minimum absolute atomic E-state index is 0.104. The van der Waals surface area contributed by atoms with E-state index in [2.05, 4.69) is 5.32 Å². The van der Waals surface area contributed by atoms with Crippen molar-refractivity contribution in [2.75, 3.05) is 45.2 Å². The second-order valence-corrected chi connectivity index (χ2v) is 10.4. The van der Waals surface area contributed by atoms with Gasteiger partial charge in [0.2, 0.25) is 15.9 Å². The Hall–Kier alpha value is -1.98. The van der Waals surface area contributed by atoms with Gasteiger partial charge in [-0.2, -0.15) is 4.31 Å². The molecule has 0 saturated carbocycles. The summed E-state index contributed by atoms with van der Waals surface area (Å²) in [5, 5.41) is 3.68. The van der Waals surface area contributed by atoms with E-state index in [4.69, 9.17) is 16.3 Å². The summed E-state index contributed by atoms with van der Waals surface area (Å²) in [4.78, 5) is 27.2. The van der Waals surface area contributed by atoms with Gasteiger partial charge in [-0.05, 0) is 37.3 Å². The summed E-state index contributed by atoms with van der Waals surface area (Å²) >= 11 is 7.13. The van der Waals surface area contributed by atoms with Crippen LogP contribution in [0, 0.1) is 6.92 Å². The van der Waals surface area contributed by atoms with Crippen LogP contribution >= 0.6 is 22.9 Å². The number of nitrogens with one attached hydrogen (secondary N) is 1. The number of carbonyl (C=O) groups is 2. The van der Waals surface area contributed by atoms with E-state index in [0.29, 0.717) is 28.7 Å². The minimum Gasteiger partial charge on any atom is -0.465 e. The molecule has 1 saturated heterocycles. The highest BCUT2D eigenvalue weighted by Crippen LogP contribution is 2.28. The molecule has 2 heterocycles. The maximum atomic E-state index is 12.7. The van der Waals surface area contributed by atoms with Gasteiger partial charge in [-0.3, -0.25) is 9.69 Å². The molecule has 0 bridgehead atoms. The Labute approximate surface area is 184 Å². The summed E-state index contributed by atoms with van der Waals surface area (Å²) < 4.78 is 31.6. The van der Waals surface area contributed by atoms with Gasteiger partial charge in [0, 0.05) is 36.1 Å². The molecule has 0 radical (unpaired) electrons. The van der Waals surface area contributed by atoms with Crippen molar-refractivity contribution in [2.24, 2.45) is 0 Å². The SMILES string of the molecule is COC(=O)c1cc(C)sc1NC(=O)CN1CCN(S(=O)(=O)c2ccc(Cl)cc2)CC1. The van der Waals surface area contributed by atoms with Crippen LogP contribution in [0.5, 0.6) is 0 Å². The lowest BCUT2D eigenvalue weighted by atomic mass is 10.3. The Morgan fingerprint density at radius 1 is 1.17 bits per heavy atom. The molecule has 8 nitrogen and oxygen atoms in total. The highest BCUT2D eigenvalue weighted by molar-refractivity contribution is 7.89. The summed E-state index contributed by atoms with van der Waals surface area (Å²) in [6.45, 7) is 3.36. The zero-order chi connectivity index (χ0) is 21.9. The largest absolute Gasteiger partial charge is 0.465 e. The molecule has 1 fully saturated rings. The van der Waals surface area contributed by atoms with Crippen molar-refractivity contribution in [3.05, 3.63) is 45.8 Å². The number of halogens is 1. The molecule has 1 N–H and O–H groups in total. The lowest BCUT2D eigenvalue weighted by molar-refractivity contribution is -0.117. The zero-order valence-corrected chi connectivity index (χ0v) is 18.9. The fraction of sp³-hybridized carbons (Fsp3) is 0.368. The first-order valence-electron chi connectivity index (χ1n) is 9.17. The molecule has 1 aromatic heterocycles. The molecule has 1 aliphatic heterocycles. The van der Waals surface area contributed by atoms with Gasteiger partial charge in [-0.1, -0.05) is 11.6 Å². The third kappa shape index (κ3) is 5.19. The van der Waals surface area contributed by atoms with Gasteiger partial charge >= 0.3 is 5.97 Å². The molecular formula is C19H22ClN3O5S2. The number of benzene rings is 1. The number of carbonyl (C=O) groups excluding carboxylic acids is 2.